The molecule has 0 saturated carbocycles. The standard InChI is InChI=1S/C16H21NO2/c1-10(2)17-11(3)9-12-13(7-6-8-14(12)17)16(4,5)15(18)19/h6-10H,1-5H3,(H,18,19). The van der Waals surface area contributed by atoms with Crippen LogP contribution >= 0.6 is 0 Å². The third-order valence-electron chi connectivity index (χ3n) is 3.80. The molecule has 1 aromatic heterocycles. The highest BCUT2D eigenvalue weighted by Crippen LogP contribution is 2.33. The van der Waals surface area contributed by atoms with E-state index in [2.05, 4.69) is 37.5 Å². The minimum Gasteiger partial charge on any atom is -0.481 e. The third-order valence-corrected chi connectivity index (χ3v) is 3.80. The van der Waals surface area contributed by atoms with Crippen LogP contribution in [0.15, 0.2) is 24.3 Å². The Morgan fingerprint density at radius 1 is 1.32 bits per heavy atom. The van der Waals surface area contributed by atoms with Crippen molar-refractivity contribution in [3.05, 3.63) is 35.5 Å². The van der Waals surface area contributed by atoms with Crippen LogP contribution in [0.1, 0.15) is 45.0 Å². The molecule has 0 radical (unpaired) electrons. The van der Waals surface area contributed by atoms with Gasteiger partial charge in [0.25, 0.3) is 0 Å². The minimum atomic E-state index is -0.880. The molecule has 0 amide bonds. The van der Waals surface area contributed by atoms with Gasteiger partial charge in [-0.05, 0) is 52.3 Å². The maximum atomic E-state index is 11.5. The summed E-state index contributed by atoms with van der Waals surface area (Å²) in [7, 11) is 0. The molecule has 3 nitrogen and oxygen atoms in total. The Morgan fingerprint density at radius 2 is 1.95 bits per heavy atom. The number of aromatic nitrogens is 1. The zero-order valence-electron chi connectivity index (χ0n) is 12.2. The molecule has 0 unspecified atom stereocenters. The summed E-state index contributed by atoms with van der Waals surface area (Å²) in [6.07, 6.45) is 0. The number of aryl methyl sites for hydroxylation is 1. The molecule has 0 fully saturated rings. The lowest BCUT2D eigenvalue weighted by atomic mass is 9.83. The van der Waals surface area contributed by atoms with Crippen LogP contribution in [0.5, 0.6) is 0 Å². The van der Waals surface area contributed by atoms with Gasteiger partial charge in [-0.2, -0.15) is 0 Å². The highest BCUT2D eigenvalue weighted by Gasteiger charge is 2.31. The number of hydrogen-bond acceptors (Lipinski definition) is 1. The average molecular weight is 259 g/mol. The lowest BCUT2D eigenvalue weighted by Gasteiger charge is -2.21. The fraction of sp³-hybridized carbons (Fsp3) is 0.438. The van der Waals surface area contributed by atoms with E-state index in [1.54, 1.807) is 13.8 Å². The van der Waals surface area contributed by atoms with Crippen LogP contribution in [-0.2, 0) is 10.2 Å². The summed E-state index contributed by atoms with van der Waals surface area (Å²) in [5.74, 6) is -0.796. The molecule has 0 atom stereocenters. The van der Waals surface area contributed by atoms with Crippen LogP contribution < -0.4 is 0 Å². The van der Waals surface area contributed by atoms with Crippen LogP contribution in [-0.4, -0.2) is 15.6 Å². The SMILES string of the molecule is Cc1cc2c(C(C)(C)C(=O)O)cccc2n1C(C)C. The molecule has 0 spiro atoms. The Labute approximate surface area is 113 Å². The smallest absolute Gasteiger partial charge is 0.313 e. The summed E-state index contributed by atoms with van der Waals surface area (Å²) in [5.41, 5.74) is 2.27. The largest absolute Gasteiger partial charge is 0.481 e. The molecular weight excluding hydrogens is 238 g/mol. The number of rotatable bonds is 3. The number of carboxylic acid groups (broad SMARTS) is 1. The van der Waals surface area contributed by atoms with Gasteiger partial charge in [-0.15, -0.1) is 0 Å². The lowest BCUT2D eigenvalue weighted by molar-refractivity contribution is -0.142. The van der Waals surface area contributed by atoms with Gasteiger partial charge >= 0.3 is 5.97 Å². The van der Waals surface area contributed by atoms with Crippen LogP contribution in [0, 0.1) is 6.92 Å². The van der Waals surface area contributed by atoms with E-state index in [1.165, 1.54) is 5.69 Å². The van der Waals surface area contributed by atoms with Gasteiger partial charge in [-0.1, -0.05) is 12.1 Å². The number of aliphatic carboxylic acids is 1. The number of carboxylic acids is 1. The minimum absolute atomic E-state index is 0.362. The van der Waals surface area contributed by atoms with Gasteiger partial charge in [0.05, 0.1) is 5.41 Å². The van der Waals surface area contributed by atoms with Gasteiger partial charge in [-0.3, -0.25) is 4.79 Å². The first kappa shape index (κ1) is 13.7. The Hall–Kier alpha value is -1.77. The first-order valence-electron chi connectivity index (χ1n) is 6.61. The summed E-state index contributed by atoms with van der Waals surface area (Å²) >= 11 is 0. The molecule has 1 aromatic carbocycles. The van der Waals surface area contributed by atoms with Crippen LogP contribution in [0.2, 0.25) is 0 Å². The summed E-state index contributed by atoms with van der Waals surface area (Å²) in [6.45, 7) is 9.86. The lowest BCUT2D eigenvalue weighted by Crippen LogP contribution is -2.28. The maximum Gasteiger partial charge on any atom is 0.313 e. The monoisotopic (exact) mass is 259 g/mol. The van der Waals surface area contributed by atoms with Crippen molar-refractivity contribution >= 4 is 16.9 Å². The second-order valence-corrected chi connectivity index (χ2v) is 5.92. The predicted octanol–water partition coefficient (Wildman–Crippen LogP) is 3.89. The van der Waals surface area contributed by atoms with Crippen molar-refractivity contribution in [1.29, 1.82) is 0 Å². The van der Waals surface area contributed by atoms with E-state index in [-0.39, 0.29) is 0 Å². The zero-order chi connectivity index (χ0) is 14.4. The van der Waals surface area contributed by atoms with E-state index in [1.807, 2.05) is 12.1 Å². The van der Waals surface area contributed by atoms with Crippen molar-refractivity contribution in [1.82, 2.24) is 4.57 Å². The van der Waals surface area contributed by atoms with E-state index in [0.29, 0.717) is 6.04 Å². The van der Waals surface area contributed by atoms with Crippen molar-refractivity contribution in [2.24, 2.45) is 0 Å². The predicted molar refractivity (Wildman–Crippen MR) is 77.7 cm³/mol. The fourth-order valence-electron chi connectivity index (χ4n) is 2.73. The summed E-state index contributed by atoms with van der Waals surface area (Å²) in [5, 5.41) is 10.5. The topological polar surface area (TPSA) is 42.2 Å². The molecule has 1 N–H and O–H groups in total. The van der Waals surface area contributed by atoms with Crippen LogP contribution in [0.3, 0.4) is 0 Å². The van der Waals surface area contributed by atoms with E-state index in [4.69, 9.17) is 0 Å². The molecule has 0 aliphatic heterocycles. The number of nitrogens with zero attached hydrogens (tertiary/aromatic N) is 1. The van der Waals surface area contributed by atoms with Gasteiger partial charge in [0, 0.05) is 22.6 Å². The molecule has 2 rings (SSSR count). The number of carbonyl (C=O) groups is 1. The number of hydrogen-bond donors (Lipinski definition) is 1. The van der Waals surface area contributed by atoms with E-state index in [0.717, 1.165) is 16.5 Å². The summed E-state index contributed by atoms with van der Waals surface area (Å²) in [6, 6.07) is 8.38. The quantitative estimate of drug-likeness (QED) is 0.908. The third kappa shape index (κ3) is 2.03. The van der Waals surface area contributed by atoms with E-state index >= 15 is 0 Å². The van der Waals surface area contributed by atoms with E-state index in [9.17, 15) is 9.90 Å². The zero-order valence-corrected chi connectivity index (χ0v) is 12.2. The molecule has 19 heavy (non-hydrogen) atoms. The molecule has 3 heteroatoms. The molecule has 2 aromatic rings. The first-order chi connectivity index (χ1) is 8.76. The molecule has 102 valence electrons. The van der Waals surface area contributed by atoms with Gasteiger partial charge in [0.15, 0.2) is 0 Å². The highest BCUT2D eigenvalue weighted by molar-refractivity contribution is 5.92. The highest BCUT2D eigenvalue weighted by atomic mass is 16.4. The Bertz CT molecular complexity index is 635. The Kier molecular flexibility index (Phi) is 3.17. The van der Waals surface area contributed by atoms with Gasteiger partial charge < -0.3 is 9.67 Å². The maximum absolute atomic E-state index is 11.5. The summed E-state index contributed by atoms with van der Waals surface area (Å²) in [4.78, 5) is 11.5. The van der Waals surface area contributed by atoms with Crippen LogP contribution in [0.25, 0.3) is 10.9 Å². The fourth-order valence-corrected chi connectivity index (χ4v) is 2.73. The van der Waals surface area contributed by atoms with Crippen molar-refractivity contribution in [3.63, 3.8) is 0 Å². The molecule has 0 saturated heterocycles. The average Bonchev–Trinajstić information content (AvgIpc) is 2.63. The molecule has 1 heterocycles. The molecule has 0 bridgehead atoms. The molecule has 0 aliphatic carbocycles. The van der Waals surface area contributed by atoms with E-state index < -0.39 is 11.4 Å². The van der Waals surface area contributed by atoms with Crippen molar-refractivity contribution < 1.29 is 9.90 Å². The normalized spacial score (nSPS) is 12.3. The van der Waals surface area contributed by atoms with Crippen molar-refractivity contribution in [3.8, 4) is 0 Å². The van der Waals surface area contributed by atoms with Crippen molar-refractivity contribution in [2.45, 2.75) is 46.1 Å². The number of benzene rings is 1. The van der Waals surface area contributed by atoms with Gasteiger partial charge in [-0.25, -0.2) is 0 Å². The Balaban J connectivity index is 2.80. The second kappa shape index (κ2) is 4.41. The molecule has 0 aliphatic rings. The summed E-state index contributed by atoms with van der Waals surface area (Å²) < 4.78 is 2.25. The van der Waals surface area contributed by atoms with Gasteiger partial charge in [0.1, 0.15) is 0 Å². The number of fused-ring (bicyclic) bond motifs is 1. The second-order valence-electron chi connectivity index (χ2n) is 5.92. The van der Waals surface area contributed by atoms with Gasteiger partial charge in [0.2, 0.25) is 0 Å². The molecular formula is C16H21NO2. The first-order valence-corrected chi connectivity index (χ1v) is 6.61. The Morgan fingerprint density at radius 3 is 2.47 bits per heavy atom. The van der Waals surface area contributed by atoms with Crippen molar-refractivity contribution in [2.75, 3.05) is 0 Å². The van der Waals surface area contributed by atoms with Crippen LogP contribution in [0.4, 0.5) is 0 Å².